The smallest absolute Gasteiger partial charge is 0.316 e. The fraction of sp³-hybridized carbons (Fsp3) is 0.200. The Bertz CT molecular complexity index is 1000. The number of aromatic nitrogens is 2. The number of nitrogens with zero attached hydrogens (tertiary/aromatic N) is 2. The second-order valence-corrected chi connectivity index (χ2v) is 6.42. The molecule has 7 heteroatoms. The van der Waals surface area contributed by atoms with Crippen LogP contribution in [0.25, 0.3) is 0 Å². The molecule has 0 bridgehead atoms. The Hall–Kier alpha value is -2.86. The van der Waals surface area contributed by atoms with Crippen LogP contribution in [0, 0.1) is 5.82 Å². The van der Waals surface area contributed by atoms with E-state index in [1.807, 2.05) is 31.2 Å². The van der Waals surface area contributed by atoms with Gasteiger partial charge >= 0.3 is 5.56 Å². The zero-order valence-electron chi connectivity index (χ0n) is 15.0. The molecule has 0 saturated heterocycles. The lowest BCUT2D eigenvalue weighted by atomic mass is 10.1. The van der Waals surface area contributed by atoms with Crippen molar-refractivity contribution in [2.45, 2.75) is 19.9 Å². The Morgan fingerprint density at radius 1 is 1.26 bits per heavy atom. The molecule has 0 atom stereocenters. The van der Waals surface area contributed by atoms with Crippen molar-refractivity contribution in [3.8, 4) is 5.75 Å². The number of para-hydroxylation sites is 1. The van der Waals surface area contributed by atoms with Crippen LogP contribution in [0.2, 0.25) is 5.02 Å². The van der Waals surface area contributed by atoms with Crippen molar-refractivity contribution in [3.63, 3.8) is 0 Å². The number of ether oxygens (including phenoxy) is 1. The predicted molar refractivity (Wildman–Crippen MR) is 105 cm³/mol. The van der Waals surface area contributed by atoms with Crippen LogP contribution in [0.4, 0.5) is 16.0 Å². The molecule has 0 spiro atoms. The molecule has 2 aromatic carbocycles. The maximum Gasteiger partial charge on any atom is 0.316 e. The van der Waals surface area contributed by atoms with E-state index in [1.54, 1.807) is 16.8 Å². The molecule has 0 aliphatic rings. The summed E-state index contributed by atoms with van der Waals surface area (Å²) >= 11 is 5.95. The second-order valence-electron chi connectivity index (χ2n) is 5.98. The van der Waals surface area contributed by atoms with E-state index >= 15 is 0 Å². The first-order valence-electron chi connectivity index (χ1n) is 8.45. The van der Waals surface area contributed by atoms with Crippen molar-refractivity contribution < 1.29 is 9.13 Å². The van der Waals surface area contributed by atoms with Gasteiger partial charge in [-0.3, -0.25) is 4.79 Å². The molecule has 0 unspecified atom stereocenters. The van der Waals surface area contributed by atoms with Crippen LogP contribution in [0.1, 0.15) is 18.1 Å². The highest BCUT2D eigenvalue weighted by atomic mass is 35.5. The molecule has 3 rings (SSSR count). The first kappa shape index (κ1) is 18.9. The molecule has 27 heavy (non-hydrogen) atoms. The predicted octanol–water partition coefficient (Wildman–Crippen LogP) is 4.40. The zero-order chi connectivity index (χ0) is 19.4. The first-order chi connectivity index (χ1) is 13.0. The summed E-state index contributed by atoms with van der Waals surface area (Å²) in [6.07, 6.45) is 2.37. The van der Waals surface area contributed by atoms with Crippen LogP contribution in [0.3, 0.4) is 0 Å². The third kappa shape index (κ3) is 4.46. The molecular formula is C20H19ClFN3O2. The second kappa shape index (κ2) is 8.22. The molecule has 1 heterocycles. The van der Waals surface area contributed by atoms with E-state index in [-0.39, 0.29) is 12.3 Å². The third-order valence-corrected chi connectivity index (χ3v) is 4.32. The largest absolute Gasteiger partial charge is 0.490 e. The van der Waals surface area contributed by atoms with Gasteiger partial charge in [0.2, 0.25) is 11.7 Å². The van der Waals surface area contributed by atoms with Crippen LogP contribution < -0.4 is 15.6 Å². The van der Waals surface area contributed by atoms with E-state index in [4.69, 9.17) is 16.3 Å². The summed E-state index contributed by atoms with van der Waals surface area (Å²) in [7, 11) is 1.40. The number of hydrogen-bond donors (Lipinski definition) is 1. The van der Waals surface area contributed by atoms with E-state index in [9.17, 15) is 9.18 Å². The maximum atomic E-state index is 13.7. The van der Waals surface area contributed by atoms with Crippen molar-refractivity contribution in [2.75, 3.05) is 12.4 Å². The van der Waals surface area contributed by atoms with Crippen molar-refractivity contribution in [3.05, 3.63) is 81.0 Å². The molecule has 1 N–H and O–H groups in total. The fourth-order valence-electron chi connectivity index (χ4n) is 2.80. The van der Waals surface area contributed by atoms with Crippen LogP contribution in [0.5, 0.6) is 5.75 Å². The normalized spacial score (nSPS) is 10.7. The van der Waals surface area contributed by atoms with Gasteiger partial charge in [0, 0.05) is 10.7 Å². The van der Waals surface area contributed by atoms with Gasteiger partial charge in [-0.15, -0.1) is 0 Å². The van der Waals surface area contributed by atoms with Gasteiger partial charge in [-0.05, 0) is 41.8 Å². The summed E-state index contributed by atoms with van der Waals surface area (Å²) in [5.41, 5.74) is 2.09. The number of hydrogen-bond acceptors (Lipinski definition) is 4. The van der Waals surface area contributed by atoms with Crippen molar-refractivity contribution in [1.82, 2.24) is 9.55 Å². The summed E-state index contributed by atoms with van der Waals surface area (Å²) in [6, 6.07) is 12.1. The van der Waals surface area contributed by atoms with Gasteiger partial charge in [-0.1, -0.05) is 36.7 Å². The van der Waals surface area contributed by atoms with Gasteiger partial charge < -0.3 is 14.6 Å². The molecule has 0 saturated carbocycles. The number of halogens is 2. The minimum Gasteiger partial charge on any atom is -0.490 e. The highest BCUT2D eigenvalue weighted by Crippen LogP contribution is 2.22. The molecule has 5 nitrogen and oxygen atoms in total. The summed E-state index contributed by atoms with van der Waals surface area (Å²) in [5, 5.41) is 3.51. The lowest BCUT2D eigenvalue weighted by molar-refractivity contribution is 0.402. The van der Waals surface area contributed by atoms with E-state index in [0.29, 0.717) is 16.5 Å². The number of nitrogens with one attached hydrogen (secondary N) is 1. The zero-order valence-corrected chi connectivity index (χ0v) is 15.8. The van der Waals surface area contributed by atoms with Gasteiger partial charge in [0.05, 0.1) is 19.9 Å². The molecule has 0 aliphatic carbocycles. The summed E-state index contributed by atoms with van der Waals surface area (Å²) in [6.45, 7) is 2.31. The Labute approximate surface area is 161 Å². The monoisotopic (exact) mass is 387 g/mol. The molecule has 0 amide bonds. The quantitative estimate of drug-likeness (QED) is 0.681. The lowest BCUT2D eigenvalue weighted by Crippen LogP contribution is -2.19. The van der Waals surface area contributed by atoms with E-state index in [2.05, 4.69) is 10.3 Å². The number of benzene rings is 2. The summed E-state index contributed by atoms with van der Waals surface area (Å²) < 4.78 is 20.5. The third-order valence-electron chi connectivity index (χ3n) is 4.10. The molecule has 0 radical (unpaired) electrons. The van der Waals surface area contributed by atoms with E-state index in [1.165, 1.54) is 19.2 Å². The summed E-state index contributed by atoms with van der Waals surface area (Å²) in [4.78, 5) is 16.3. The van der Waals surface area contributed by atoms with Gasteiger partial charge in [0.1, 0.15) is 5.82 Å². The van der Waals surface area contributed by atoms with E-state index < -0.39 is 11.4 Å². The maximum absolute atomic E-state index is 13.7. The van der Waals surface area contributed by atoms with Crippen LogP contribution in [0.15, 0.2) is 53.5 Å². The van der Waals surface area contributed by atoms with Gasteiger partial charge in [0.15, 0.2) is 0 Å². The Morgan fingerprint density at radius 3 is 2.74 bits per heavy atom. The minimum atomic E-state index is -0.484. The molecule has 3 aromatic rings. The standard InChI is InChI=1S/C20H19ClFN3O2/c1-3-14-6-4-5-7-17(14)23-20-24-19(26)18(27-2)12-25(20)11-13-8-15(21)10-16(22)9-13/h4-10,12H,3,11H2,1-2H3,(H,23,24,26). The SMILES string of the molecule is CCc1ccccc1Nc1nc(=O)c(OC)cn1Cc1cc(F)cc(Cl)c1. The van der Waals surface area contributed by atoms with Crippen LogP contribution in [-0.4, -0.2) is 16.7 Å². The highest BCUT2D eigenvalue weighted by molar-refractivity contribution is 6.30. The number of rotatable bonds is 6. The van der Waals surface area contributed by atoms with Crippen molar-refractivity contribution >= 4 is 23.2 Å². The molecule has 0 aliphatic heterocycles. The number of anilines is 2. The lowest BCUT2D eigenvalue weighted by Gasteiger charge is -2.17. The van der Waals surface area contributed by atoms with Crippen molar-refractivity contribution in [2.24, 2.45) is 0 Å². The Kier molecular flexibility index (Phi) is 5.76. The van der Waals surface area contributed by atoms with Crippen molar-refractivity contribution in [1.29, 1.82) is 0 Å². The fourth-order valence-corrected chi connectivity index (χ4v) is 3.05. The number of methoxy groups -OCH3 is 1. The van der Waals surface area contributed by atoms with Crippen LogP contribution in [-0.2, 0) is 13.0 Å². The average molecular weight is 388 g/mol. The molecular weight excluding hydrogens is 369 g/mol. The van der Waals surface area contributed by atoms with Gasteiger partial charge in [-0.25, -0.2) is 4.39 Å². The molecule has 1 aromatic heterocycles. The summed E-state index contributed by atoms with van der Waals surface area (Å²) in [5.74, 6) is 0.0122. The molecule has 140 valence electrons. The average Bonchev–Trinajstić information content (AvgIpc) is 2.63. The topological polar surface area (TPSA) is 56.1 Å². The van der Waals surface area contributed by atoms with Gasteiger partial charge in [0.25, 0.3) is 0 Å². The van der Waals surface area contributed by atoms with E-state index in [0.717, 1.165) is 17.7 Å². The minimum absolute atomic E-state index is 0.104. The van der Waals surface area contributed by atoms with Gasteiger partial charge in [-0.2, -0.15) is 4.98 Å². The Morgan fingerprint density at radius 2 is 2.04 bits per heavy atom. The number of aryl methyl sites for hydroxylation is 1. The molecule has 0 fully saturated rings. The Balaban J connectivity index is 2.04. The first-order valence-corrected chi connectivity index (χ1v) is 8.83. The van der Waals surface area contributed by atoms with Crippen LogP contribution >= 0.6 is 11.6 Å². The highest BCUT2D eigenvalue weighted by Gasteiger charge is 2.12.